The zero-order valence-electron chi connectivity index (χ0n) is 14.1. The minimum absolute atomic E-state index is 0.0437. The van der Waals surface area contributed by atoms with Crippen LogP contribution in [0, 0.1) is 0 Å². The van der Waals surface area contributed by atoms with Gasteiger partial charge in [0.15, 0.2) is 0 Å². The van der Waals surface area contributed by atoms with Gasteiger partial charge in [-0.3, -0.25) is 9.48 Å². The van der Waals surface area contributed by atoms with Crippen LogP contribution in [0.15, 0.2) is 33.7 Å². The third-order valence-corrected chi connectivity index (χ3v) is 5.17. The van der Waals surface area contributed by atoms with Gasteiger partial charge in [0.1, 0.15) is 15.9 Å². The van der Waals surface area contributed by atoms with Crippen molar-refractivity contribution in [3.05, 3.63) is 54.8 Å². The van der Waals surface area contributed by atoms with Gasteiger partial charge in [-0.15, -0.1) is 0 Å². The number of rotatable bonds is 8. The van der Waals surface area contributed by atoms with Crippen molar-refractivity contribution in [2.24, 2.45) is 0 Å². The number of nitrogens with zero attached hydrogens (tertiary/aromatic N) is 2. The van der Waals surface area contributed by atoms with Crippen LogP contribution in [0.5, 0.6) is 0 Å². The molecule has 3 aromatic rings. The van der Waals surface area contributed by atoms with Crippen LogP contribution in [0.2, 0.25) is 10.0 Å². The van der Waals surface area contributed by atoms with E-state index in [4.69, 9.17) is 33.0 Å². The molecule has 0 atom stereocenters. The third-order valence-electron chi connectivity index (χ3n) is 3.85. The van der Waals surface area contributed by atoms with Crippen molar-refractivity contribution < 1.29 is 9.84 Å². The maximum atomic E-state index is 12.5. The third kappa shape index (κ3) is 4.83. The molecule has 0 bridgehead atoms. The number of pyridine rings is 1. The van der Waals surface area contributed by atoms with E-state index in [0.29, 0.717) is 51.1 Å². The van der Waals surface area contributed by atoms with Gasteiger partial charge >= 0.3 is 0 Å². The molecule has 0 amide bonds. The Kier molecular flexibility index (Phi) is 6.78. The first-order chi connectivity index (χ1) is 13.0. The summed E-state index contributed by atoms with van der Waals surface area (Å²) >= 11 is 15.3. The van der Waals surface area contributed by atoms with Crippen molar-refractivity contribution in [1.82, 2.24) is 14.8 Å². The molecule has 1 aromatic carbocycles. The molecular formula is C17H17BrCl2N4O3. The van der Waals surface area contributed by atoms with Gasteiger partial charge in [-0.1, -0.05) is 29.3 Å². The SMILES string of the molecule is O=c1[nH]c(NCc2ccc(Cl)c(Cl)c2)cc2c(Br)nn(CCOCCO)c12. The van der Waals surface area contributed by atoms with Crippen molar-refractivity contribution in [3.8, 4) is 0 Å². The van der Waals surface area contributed by atoms with Crippen LogP contribution in [0.1, 0.15) is 5.56 Å². The lowest BCUT2D eigenvalue weighted by atomic mass is 10.2. The monoisotopic (exact) mass is 474 g/mol. The van der Waals surface area contributed by atoms with E-state index in [0.717, 1.165) is 5.56 Å². The summed E-state index contributed by atoms with van der Waals surface area (Å²) < 4.78 is 7.40. The molecule has 0 spiro atoms. The van der Waals surface area contributed by atoms with Crippen LogP contribution in [0.3, 0.4) is 0 Å². The number of ether oxygens (including phenoxy) is 1. The number of nitrogens with one attached hydrogen (secondary N) is 2. The number of aromatic nitrogens is 3. The Morgan fingerprint density at radius 3 is 2.81 bits per heavy atom. The highest BCUT2D eigenvalue weighted by Gasteiger charge is 2.13. The number of aliphatic hydroxyl groups excluding tert-OH is 1. The Hall–Kier alpha value is -1.58. The number of aromatic amines is 1. The molecule has 10 heteroatoms. The van der Waals surface area contributed by atoms with Gasteiger partial charge in [0.05, 0.1) is 36.4 Å². The molecule has 0 saturated carbocycles. The predicted molar refractivity (Wildman–Crippen MR) is 110 cm³/mol. The minimum Gasteiger partial charge on any atom is -0.394 e. The number of hydrogen-bond acceptors (Lipinski definition) is 5. The van der Waals surface area contributed by atoms with E-state index >= 15 is 0 Å². The molecule has 0 aliphatic rings. The molecule has 0 radical (unpaired) electrons. The Bertz CT molecular complexity index is 1010. The molecule has 0 saturated heterocycles. The second-order valence-corrected chi connectivity index (χ2v) is 7.29. The number of anilines is 1. The summed E-state index contributed by atoms with van der Waals surface area (Å²) in [5, 5.41) is 17.9. The Balaban J connectivity index is 1.78. The average molecular weight is 476 g/mol. The van der Waals surface area contributed by atoms with Gasteiger partial charge in [-0.25, -0.2) is 0 Å². The highest BCUT2D eigenvalue weighted by Crippen LogP contribution is 2.24. The average Bonchev–Trinajstić information content (AvgIpc) is 2.96. The lowest BCUT2D eigenvalue weighted by Gasteiger charge is -2.08. The Morgan fingerprint density at radius 1 is 1.26 bits per heavy atom. The summed E-state index contributed by atoms with van der Waals surface area (Å²) in [4.78, 5) is 15.3. The normalized spacial score (nSPS) is 11.3. The van der Waals surface area contributed by atoms with Crippen molar-refractivity contribution in [2.45, 2.75) is 13.1 Å². The van der Waals surface area contributed by atoms with E-state index in [1.807, 2.05) is 12.1 Å². The fourth-order valence-electron chi connectivity index (χ4n) is 2.60. The maximum absolute atomic E-state index is 12.5. The quantitative estimate of drug-likeness (QED) is 0.434. The van der Waals surface area contributed by atoms with E-state index in [2.05, 4.69) is 31.3 Å². The molecule has 0 unspecified atom stereocenters. The van der Waals surface area contributed by atoms with Gasteiger partial charge in [0, 0.05) is 11.9 Å². The summed E-state index contributed by atoms with van der Waals surface area (Å²) in [6, 6.07) is 7.18. The van der Waals surface area contributed by atoms with Crippen molar-refractivity contribution in [3.63, 3.8) is 0 Å². The highest BCUT2D eigenvalue weighted by atomic mass is 79.9. The molecule has 3 rings (SSSR count). The number of hydrogen-bond donors (Lipinski definition) is 3. The summed E-state index contributed by atoms with van der Waals surface area (Å²) in [7, 11) is 0. The second-order valence-electron chi connectivity index (χ2n) is 5.73. The van der Waals surface area contributed by atoms with Crippen LogP contribution in [0.4, 0.5) is 5.82 Å². The second kappa shape index (κ2) is 9.07. The van der Waals surface area contributed by atoms with Gasteiger partial charge in [0.2, 0.25) is 0 Å². The molecular weight excluding hydrogens is 459 g/mol. The van der Waals surface area contributed by atoms with Crippen LogP contribution in [-0.2, 0) is 17.8 Å². The molecule has 0 fully saturated rings. The van der Waals surface area contributed by atoms with Gasteiger partial charge < -0.3 is 20.1 Å². The largest absolute Gasteiger partial charge is 0.394 e. The summed E-state index contributed by atoms with van der Waals surface area (Å²) in [5.74, 6) is 0.565. The van der Waals surface area contributed by atoms with E-state index < -0.39 is 0 Å². The van der Waals surface area contributed by atoms with E-state index in [1.165, 1.54) is 0 Å². The lowest BCUT2D eigenvalue weighted by Crippen LogP contribution is -2.16. The fraction of sp³-hybridized carbons (Fsp3) is 0.294. The molecule has 0 aliphatic heterocycles. The minimum atomic E-state index is -0.260. The highest BCUT2D eigenvalue weighted by molar-refractivity contribution is 9.10. The lowest BCUT2D eigenvalue weighted by molar-refractivity contribution is 0.0859. The summed E-state index contributed by atoms with van der Waals surface area (Å²) in [5.41, 5.74) is 1.13. The zero-order chi connectivity index (χ0) is 19.4. The van der Waals surface area contributed by atoms with E-state index in [1.54, 1.807) is 16.8 Å². The Morgan fingerprint density at radius 2 is 2.07 bits per heavy atom. The number of fused-ring (bicyclic) bond motifs is 1. The molecule has 2 heterocycles. The number of halogens is 3. The maximum Gasteiger partial charge on any atom is 0.275 e. The molecule has 144 valence electrons. The van der Waals surface area contributed by atoms with E-state index in [-0.39, 0.29) is 18.8 Å². The van der Waals surface area contributed by atoms with Gasteiger partial charge in [0.25, 0.3) is 5.56 Å². The van der Waals surface area contributed by atoms with Crippen LogP contribution < -0.4 is 10.9 Å². The van der Waals surface area contributed by atoms with Gasteiger partial charge in [-0.05, 0) is 39.7 Å². The molecule has 27 heavy (non-hydrogen) atoms. The van der Waals surface area contributed by atoms with Gasteiger partial charge in [-0.2, -0.15) is 5.10 Å². The first-order valence-electron chi connectivity index (χ1n) is 8.15. The molecule has 7 nitrogen and oxygen atoms in total. The molecule has 2 aromatic heterocycles. The smallest absolute Gasteiger partial charge is 0.275 e. The fourth-order valence-corrected chi connectivity index (χ4v) is 3.41. The Labute approximate surface area is 173 Å². The van der Waals surface area contributed by atoms with Crippen LogP contribution in [-0.4, -0.2) is 39.7 Å². The molecule has 0 aliphatic carbocycles. The summed E-state index contributed by atoms with van der Waals surface area (Å²) in [6.45, 7) is 1.43. The zero-order valence-corrected chi connectivity index (χ0v) is 17.2. The first kappa shape index (κ1) is 20.2. The van der Waals surface area contributed by atoms with Crippen LogP contribution >= 0.6 is 39.1 Å². The number of benzene rings is 1. The number of H-pyrrole nitrogens is 1. The van der Waals surface area contributed by atoms with E-state index in [9.17, 15) is 4.79 Å². The first-order valence-corrected chi connectivity index (χ1v) is 9.70. The number of aliphatic hydroxyl groups is 1. The van der Waals surface area contributed by atoms with Crippen molar-refractivity contribution in [2.75, 3.05) is 25.1 Å². The summed E-state index contributed by atoms with van der Waals surface area (Å²) in [6.07, 6.45) is 0. The van der Waals surface area contributed by atoms with Crippen molar-refractivity contribution >= 4 is 55.9 Å². The topological polar surface area (TPSA) is 92.2 Å². The van der Waals surface area contributed by atoms with Crippen LogP contribution in [0.25, 0.3) is 10.9 Å². The molecule has 3 N–H and O–H groups in total. The predicted octanol–water partition coefficient (Wildman–Crippen LogP) is 3.41. The standard InChI is InChI=1S/C17H17BrCl2N4O3/c18-16-11-8-14(21-9-10-1-2-12(19)13(20)7-10)22-17(26)15(11)24(23-16)3-5-27-6-4-25/h1-2,7-8,25H,3-6,9H2,(H2,21,22,26). The van der Waals surface area contributed by atoms with Crippen molar-refractivity contribution in [1.29, 1.82) is 0 Å².